The molecule has 0 bridgehead atoms. The smallest absolute Gasteiger partial charge is 0.338 e. The summed E-state index contributed by atoms with van der Waals surface area (Å²) < 4.78 is 16.0. The van der Waals surface area contributed by atoms with Crippen LogP contribution in [0.25, 0.3) is 0 Å². The Labute approximate surface area is 107 Å². The molecule has 0 radical (unpaired) electrons. The van der Waals surface area contributed by atoms with Gasteiger partial charge in [-0.1, -0.05) is 25.1 Å². The van der Waals surface area contributed by atoms with Gasteiger partial charge in [0, 0.05) is 13.0 Å². The largest absolute Gasteiger partial charge is 0.459 e. The molecule has 2 rings (SSSR count). The summed E-state index contributed by atoms with van der Waals surface area (Å²) in [6.45, 7) is 2.34. The minimum Gasteiger partial charge on any atom is -0.459 e. The first-order valence-corrected chi connectivity index (χ1v) is 6.11. The van der Waals surface area contributed by atoms with Crippen LogP contribution in [0.2, 0.25) is 0 Å². The summed E-state index contributed by atoms with van der Waals surface area (Å²) >= 11 is 0. The van der Waals surface area contributed by atoms with E-state index in [4.69, 9.17) is 14.2 Å². The maximum absolute atomic E-state index is 11.7. The Morgan fingerprint density at radius 1 is 1.39 bits per heavy atom. The molecule has 1 saturated heterocycles. The molecule has 0 aliphatic carbocycles. The standard InChI is InChI=1S/C14H18O4/c1-10-8-12(18-14(10)16-2)9-17-13(15)11-6-4-3-5-7-11/h3-7,10,12,14H,8-9H2,1-2H3. The average Bonchev–Trinajstić information content (AvgIpc) is 2.77. The van der Waals surface area contributed by atoms with Crippen molar-refractivity contribution >= 4 is 5.97 Å². The Balaban J connectivity index is 1.81. The van der Waals surface area contributed by atoms with Crippen molar-refractivity contribution in [3.63, 3.8) is 0 Å². The monoisotopic (exact) mass is 250 g/mol. The van der Waals surface area contributed by atoms with Gasteiger partial charge in [-0.25, -0.2) is 4.79 Å². The molecule has 3 unspecified atom stereocenters. The summed E-state index contributed by atoms with van der Waals surface area (Å²) in [5, 5.41) is 0. The fourth-order valence-electron chi connectivity index (χ4n) is 2.13. The Morgan fingerprint density at radius 2 is 2.11 bits per heavy atom. The molecule has 1 aromatic rings. The van der Waals surface area contributed by atoms with Crippen LogP contribution < -0.4 is 0 Å². The van der Waals surface area contributed by atoms with Crippen LogP contribution in [-0.2, 0) is 14.2 Å². The lowest BCUT2D eigenvalue weighted by Crippen LogP contribution is -2.20. The Bertz CT molecular complexity index is 390. The van der Waals surface area contributed by atoms with Crippen molar-refractivity contribution in [3.8, 4) is 0 Å². The fraction of sp³-hybridized carbons (Fsp3) is 0.500. The lowest BCUT2D eigenvalue weighted by Gasteiger charge is -2.13. The van der Waals surface area contributed by atoms with Gasteiger partial charge in [-0.05, 0) is 18.6 Å². The molecular formula is C14H18O4. The Morgan fingerprint density at radius 3 is 2.72 bits per heavy atom. The lowest BCUT2D eigenvalue weighted by molar-refractivity contribution is -0.136. The molecule has 4 heteroatoms. The molecule has 0 aromatic heterocycles. The van der Waals surface area contributed by atoms with Gasteiger partial charge in [0.2, 0.25) is 0 Å². The van der Waals surface area contributed by atoms with E-state index >= 15 is 0 Å². The van der Waals surface area contributed by atoms with E-state index in [0.29, 0.717) is 11.5 Å². The molecule has 1 aliphatic heterocycles. The van der Waals surface area contributed by atoms with Crippen LogP contribution in [0, 0.1) is 5.92 Å². The van der Waals surface area contributed by atoms with Crippen LogP contribution >= 0.6 is 0 Å². The second kappa shape index (κ2) is 5.98. The van der Waals surface area contributed by atoms with Crippen molar-refractivity contribution < 1.29 is 19.0 Å². The molecule has 0 saturated carbocycles. The minimum absolute atomic E-state index is 0.0717. The summed E-state index contributed by atoms with van der Waals surface area (Å²) in [5.41, 5.74) is 0.562. The molecule has 0 N–H and O–H groups in total. The van der Waals surface area contributed by atoms with E-state index in [1.165, 1.54) is 0 Å². The predicted octanol–water partition coefficient (Wildman–Crippen LogP) is 2.24. The zero-order chi connectivity index (χ0) is 13.0. The molecule has 98 valence electrons. The molecule has 1 aromatic carbocycles. The van der Waals surface area contributed by atoms with Gasteiger partial charge in [0.05, 0.1) is 11.7 Å². The van der Waals surface area contributed by atoms with Crippen LogP contribution in [0.5, 0.6) is 0 Å². The molecule has 18 heavy (non-hydrogen) atoms. The second-order valence-corrected chi connectivity index (χ2v) is 4.54. The van der Waals surface area contributed by atoms with Crippen LogP contribution in [0.15, 0.2) is 30.3 Å². The van der Waals surface area contributed by atoms with Crippen LogP contribution in [0.3, 0.4) is 0 Å². The third-order valence-electron chi connectivity index (χ3n) is 3.07. The minimum atomic E-state index is -0.312. The number of carbonyl (C=O) groups is 1. The lowest BCUT2D eigenvalue weighted by atomic mass is 10.1. The van der Waals surface area contributed by atoms with Gasteiger partial charge in [-0.3, -0.25) is 0 Å². The average molecular weight is 250 g/mol. The van der Waals surface area contributed by atoms with E-state index in [1.54, 1.807) is 19.2 Å². The predicted molar refractivity (Wildman–Crippen MR) is 66.2 cm³/mol. The molecule has 3 atom stereocenters. The van der Waals surface area contributed by atoms with Gasteiger partial charge < -0.3 is 14.2 Å². The van der Waals surface area contributed by atoms with Crippen LogP contribution in [-0.4, -0.2) is 32.1 Å². The van der Waals surface area contributed by atoms with Gasteiger partial charge in [-0.2, -0.15) is 0 Å². The topological polar surface area (TPSA) is 44.8 Å². The summed E-state index contributed by atoms with van der Waals surface area (Å²) in [4.78, 5) is 11.7. The quantitative estimate of drug-likeness (QED) is 0.769. The zero-order valence-electron chi connectivity index (χ0n) is 10.7. The highest BCUT2D eigenvalue weighted by molar-refractivity contribution is 5.89. The van der Waals surface area contributed by atoms with Crippen molar-refractivity contribution in [3.05, 3.63) is 35.9 Å². The van der Waals surface area contributed by atoms with Gasteiger partial charge >= 0.3 is 5.97 Å². The third-order valence-corrected chi connectivity index (χ3v) is 3.07. The van der Waals surface area contributed by atoms with Crippen molar-refractivity contribution in [2.75, 3.05) is 13.7 Å². The highest BCUT2D eigenvalue weighted by Gasteiger charge is 2.32. The van der Waals surface area contributed by atoms with E-state index < -0.39 is 0 Å². The fourth-order valence-corrected chi connectivity index (χ4v) is 2.13. The maximum Gasteiger partial charge on any atom is 0.338 e. The van der Waals surface area contributed by atoms with Crippen molar-refractivity contribution in [1.29, 1.82) is 0 Å². The first-order valence-electron chi connectivity index (χ1n) is 6.11. The number of hydrogen-bond donors (Lipinski definition) is 0. The van der Waals surface area contributed by atoms with Gasteiger partial charge in [0.25, 0.3) is 0 Å². The SMILES string of the molecule is COC1OC(COC(=O)c2ccccc2)CC1C. The van der Waals surface area contributed by atoms with Crippen molar-refractivity contribution in [1.82, 2.24) is 0 Å². The summed E-state index contributed by atoms with van der Waals surface area (Å²) in [5.74, 6) is 0.0168. The van der Waals surface area contributed by atoms with Gasteiger partial charge in [0.15, 0.2) is 6.29 Å². The van der Waals surface area contributed by atoms with Crippen LogP contribution in [0.4, 0.5) is 0 Å². The second-order valence-electron chi connectivity index (χ2n) is 4.54. The summed E-state index contributed by atoms with van der Waals surface area (Å²) in [6.07, 6.45) is 0.587. The Hall–Kier alpha value is -1.39. The number of ether oxygens (including phenoxy) is 3. The summed E-state index contributed by atoms with van der Waals surface area (Å²) in [7, 11) is 1.62. The normalized spacial score (nSPS) is 27.1. The third kappa shape index (κ3) is 3.09. The van der Waals surface area contributed by atoms with Crippen molar-refractivity contribution in [2.45, 2.75) is 25.7 Å². The number of methoxy groups -OCH3 is 1. The van der Waals surface area contributed by atoms with E-state index in [-0.39, 0.29) is 25.0 Å². The van der Waals surface area contributed by atoms with Crippen LogP contribution in [0.1, 0.15) is 23.7 Å². The number of esters is 1. The number of carbonyl (C=O) groups excluding carboxylic acids is 1. The number of benzene rings is 1. The van der Waals surface area contributed by atoms with E-state index in [0.717, 1.165) is 6.42 Å². The van der Waals surface area contributed by atoms with Gasteiger partial charge in [-0.15, -0.1) is 0 Å². The maximum atomic E-state index is 11.7. The van der Waals surface area contributed by atoms with Crippen molar-refractivity contribution in [2.24, 2.45) is 5.92 Å². The molecule has 1 heterocycles. The first-order chi connectivity index (χ1) is 8.70. The Kier molecular flexibility index (Phi) is 4.33. The molecule has 0 amide bonds. The highest BCUT2D eigenvalue weighted by Crippen LogP contribution is 2.26. The van der Waals surface area contributed by atoms with Gasteiger partial charge in [0.1, 0.15) is 6.61 Å². The highest BCUT2D eigenvalue weighted by atomic mass is 16.7. The zero-order valence-corrected chi connectivity index (χ0v) is 10.7. The first kappa shape index (κ1) is 13.1. The van der Waals surface area contributed by atoms with E-state index in [2.05, 4.69) is 6.92 Å². The molecule has 0 spiro atoms. The number of hydrogen-bond acceptors (Lipinski definition) is 4. The molecule has 1 aliphatic rings. The number of rotatable bonds is 4. The molecular weight excluding hydrogens is 232 g/mol. The van der Waals surface area contributed by atoms with E-state index in [9.17, 15) is 4.79 Å². The molecule has 1 fully saturated rings. The summed E-state index contributed by atoms with van der Waals surface area (Å²) in [6, 6.07) is 8.95. The van der Waals surface area contributed by atoms with E-state index in [1.807, 2.05) is 18.2 Å². The molecule has 4 nitrogen and oxygen atoms in total.